The first-order valence-corrected chi connectivity index (χ1v) is 7.80. The van der Waals surface area contributed by atoms with Crippen LogP contribution in [0.1, 0.15) is 37.3 Å². The third-order valence-corrected chi connectivity index (χ3v) is 4.10. The van der Waals surface area contributed by atoms with Gasteiger partial charge in [0.15, 0.2) is 0 Å². The largest absolute Gasteiger partial charge is 0.493 e. The van der Waals surface area contributed by atoms with E-state index in [2.05, 4.69) is 16.0 Å². The van der Waals surface area contributed by atoms with Crippen molar-refractivity contribution in [3.8, 4) is 5.75 Å². The van der Waals surface area contributed by atoms with E-state index in [-0.39, 0.29) is 18.0 Å². The van der Waals surface area contributed by atoms with Gasteiger partial charge in [-0.25, -0.2) is 4.79 Å². The highest BCUT2D eigenvalue weighted by atomic mass is 16.5. The van der Waals surface area contributed by atoms with Gasteiger partial charge in [-0.05, 0) is 25.3 Å². The fraction of sp³-hybridized carbons (Fsp3) is 0.500. The number of carbonyl (C=O) groups excluding carboxylic acids is 2. The van der Waals surface area contributed by atoms with Gasteiger partial charge in [0.1, 0.15) is 11.8 Å². The molecule has 0 unspecified atom stereocenters. The normalized spacial score (nSPS) is 24.3. The van der Waals surface area contributed by atoms with E-state index in [0.717, 1.165) is 30.6 Å². The van der Waals surface area contributed by atoms with E-state index in [0.29, 0.717) is 19.6 Å². The van der Waals surface area contributed by atoms with Crippen molar-refractivity contribution in [2.45, 2.75) is 37.8 Å². The van der Waals surface area contributed by atoms with Crippen LogP contribution in [0.5, 0.6) is 5.75 Å². The summed E-state index contributed by atoms with van der Waals surface area (Å²) in [6.45, 7) is 1.26. The molecular weight excluding hydrogens is 282 g/mol. The fourth-order valence-electron chi connectivity index (χ4n) is 2.93. The lowest BCUT2D eigenvalue weighted by Gasteiger charge is -2.27. The Morgan fingerprint density at radius 1 is 1.14 bits per heavy atom. The van der Waals surface area contributed by atoms with Crippen molar-refractivity contribution in [3.63, 3.8) is 0 Å². The number of amides is 3. The molecule has 3 rings (SSSR count). The van der Waals surface area contributed by atoms with Gasteiger partial charge in [-0.2, -0.15) is 0 Å². The van der Waals surface area contributed by atoms with E-state index in [1.54, 1.807) is 0 Å². The summed E-state index contributed by atoms with van der Waals surface area (Å²) in [5.74, 6) is 0.714. The summed E-state index contributed by atoms with van der Waals surface area (Å²) in [5.41, 5.74) is 0.981. The zero-order chi connectivity index (χ0) is 15.4. The minimum atomic E-state index is -0.447. The number of benzene rings is 1. The number of carbonyl (C=O) groups is 2. The molecule has 1 aromatic carbocycles. The van der Waals surface area contributed by atoms with Crippen molar-refractivity contribution in [2.75, 3.05) is 13.2 Å². The van der Waals surface area contributed by atoms with Crippen LogP contribution in [0.15, 0.2) is 24.3 Å². The number of para-hydroxylation sites is 1. The highest BCUT2D eigenvalue weighted by Crippen LogP contribution is 2.31. The molecule has 2 heterocycles. The molecular formula is C16H21N3O3. The molecule has 2 aliphatic rings. The third-order valence-electron chi connectivity index (χ3n) is 4.10. The van der Waals surface area contributed by atoms with Gasteiger partial charge in [-0.3, -0.25) is 4.79 Å². The number of nitrogens with one attached hydrogen (secondary N) is 3. The van der Waals surface area contributed by atoms with Crippen LogP contribution < -0.4 is 20.7 Å². The van der Waals surface area contributed by atoms with Crippen molar-refractivity contribution < 1.29 is 14.3 Å². The first-order valence-electron chi connectivity index (χ1n) is 7.80. The smallest absolute Gasteiger partial charge is 0.315 e. The molecule has 2 atom stereocenters. The summed E-state index contributed by atoms with van der Waals surface area (Å²) >= 11 is 0. The average Bonchev–Trinajstić information content (AvgIpc) is 2.73. The summed E-state index contributed by atoms with van der Waals surface area (Å²) in [4.78, 5) is 24.1. The molecule has 0 aliphatic carbocycles. The molecule has 6 nitrogen and oxygen atoms in total. The molecule has 1 aromatic rings. The van der Waals surface area contributed by atoms with E-state index in [4.69, 9.17) is 4.74 Å². The summed E-state index contributed by atoms with van der Waals surface area (Å²) in [5, 5.41) is 8.55. The van der Waals surface area contributed by atoms with Crippen LogP contribution in [0.3, 0.4) is 0 Å². The number of hydrogen-bond acceptors (Lipinski definition) is 3. The van der Waals surface area contributed by atoms with E-state index in [1.165, 1.54) is 0 Å². The Hall–Kier alpha value is -2.24. The molecule has 0 spiro atoms. The molecule has 6 heteroatoms. The molecule has 0 bridgehead atoms. The quantitative estimate of drug-likeness (QED) is 0.774. The SMILES string of the molecule is O=C(N[C@H]1CCCCNC1=O)N[C@H]1CCOc2ccccc21. The number of rotatable bonds is 2. The van der Waals surface area contributed by atoms with Crippen molar-refractivity contribution in [2.24, 2.45) is 0 Å². The number of fused-ring (bicyclic) bond motifs is 1. The van der Waals surface area contributed by atoms with E-state index < -0.39 is 6.04 Å². The lowest BCUT2D eigenvalue weighted by atomic mass is 10.0. The molecule has 3 amide bonds. The second-order valence-electron chi connectivity index (χ2n) is 5.68. The molecule has 2 aliphatic heterocycles. The van der Waals surface area contributed by atoms with Gasteiger partial charge in [0.05, 0.1) is 12.6 Å². The zero-order valence-corrected chi connectivity index (χ0v) is 12.4. The first-order chi connectivity index (χ1) is 10.7. The van der Waals surface area contributed by atoms with Crippen LogP contribution in [-0.4, -0.2) is 31.1 Å². The van der Waals surface area contributed by atoms with Gasteiger partial charge in [0, 0.05) is 18.5 Å². The van der Waals surface area contributed by atoms with Crippen LogP contribution in [0.2, 0.25) is 0 Å². The van der Waals surface area contributed by atoms with Crippen molar-refractivity contribution in [1.82, 2.24) is 16.0 Å². The van der Waals surface area contributed by atoms with E-state index in [9.17, 15) is 9.59 Å². The van der Waals surface area contributed by atoms with Crippen molar-refractivity contribution in [1.29, 1.82) is 0 Å². The molecule has 0 aromatic heterocycles. The predicted molar refractivity (Wildman–Crippen MR) is 81.6 cm³/mol. The summed E-state index contributed by atoms with van der Waals surface area (Å²) < 4.78 is 5.58. The van der Waals surface area contributed by atoms with Gasteiger partial charge in [-0.1, -0.05) is 18.2 Å². The maximum absolute atomic E-state index is 12.2. The maximum atomic E-state index is 12.2. The van der Waals surface area contributed by atoms with Gasteiger partial charge in [0.2, 0.25) is 5.91 Å². The average molecular weight is 303 g/mol. The lowest BCUT2D eigenvalue weighted by molar-refractivity contribution is -0.122. The summed E-state index contributed by atoms with van der Waals surface area (Å²) in [7, 11) is 0. The Labute approximate surface area is 129 Å². The van der Waals surface area contributed by atoms with Gasteiger partial charge >= 0.3 is 6.03 Å². The van der Waals surface area contributed by atoms with Crippen LogP contribution >= 0.6 is 0 Å². The number of ether oxygens (including phenoxy) is 1. The van der Waals surface area contributed by atoms with Crippen LogP contribution in [0, 0.1) is 0 Å². The van der Waals surface area contributed by atoms with Crippen LogP contribution in [0.25, 0.3) is 0 Å². The minimum absolute atomic E-state index is 0.0845. The standard InChI is InChI=1S/C16H21N3O3/c20-15-13(6-3-4-9-17-15)19-16(21)18-12-8-10-22-14-7-2-1-5-11(12)14/h1-2,5,7,12-13H,3-4,6,8-10H2,(H,17,20)(H2,18,19,21)/t12-,13-/m0/s1. The first kappa shape index (κ1) is 14.7. The fourth-order valence-corrected chi connectivity index (χ4v) is 2.93. The van der Waals surface area contributed by atoms with Gasteiger partial charge in [0.25, 0.3) is 0 Å². The van der Waals surface area contributed by atoms with Gasteiger partial charge in [-0.15, -0.1) is 0 Å². The number of urea groups is 1. The highest BCUT2D eigenvalue weighted by Gasteiger charge is 2.26. The molecule has 3 N–H and O–H groups in total. The summed E-state index contributed by atoms with van der Waals surface area (Å²) in [6.07, 6.45) is 3.30. The monoisotopic (exact) mass is 303 g/mol. The molecule has 22 heavy (non-hydrogen) atoms. The Bertz CT molecular complexity index is 561. The second kappa shape index (κ2) is 6.68. The molecule has 118 valence electrons. The Morgan fingerprint density at radius 2 is 1.95 bits per heavy atom. The molecule has 1 saturated heterocycles. The summed E-state index contributed by atoms with van der Waals surface area (Å²) in [6, 6.07) is 6.87. The van der Waals surface area contributed by atoms with Crippen molar-refractivity contribution in [3.05, 3.63) is 29.8 Å². The lowest BCUT2D eigenvalue weighted by Crippen LogP contribution is -2.50. The Kier molecular flexibility index (Phi) is 4.46. The van der Waals surface area contributed by atoms with Crippen LogP contribution in [0.4, 0.5) is 4.79 Å². The number of hydrogen-bond donors (Lipinski definition) is 3. The third kappa shape index (κ3) is 3.32. The van der Waals surface area contributed by atoms with Crippen LogP contribution in [-0.2, 0) is 4.79 Å². The maximum Gasteiger partial charge on any atom is 0.315 e. The minimum Gasteiger partial charge on any atom is -0.493 e. The Balaban J connectivity index is 1.61. The Morgan fingerprint density at radius 3 is 2.86 bits per heavy atom. The predicted octanol–water partition coefficient (Wildman–Crippen LogP) is 1.48. The highest BCUT2D eigenvalue weighted by molar-refractivity contribution is 5.87. The van der Waals surface area contributed by atoms with E-state index in [1.807, 2.05) is 24.3 Å². The second-order valence-corrected chi connectivity index (χ2v) is 5.68. The molecule has 0 saturated carbocycles. The topological polar surface area (TPSA) is 79.5 Å². The molecule has 1 fully saturated rings. The van der Waals surface area contributed by atoms with Gasteiger partial charge < -0.3 is 20.7 Å². The zero-order valence-electron chi connectivity index (χ0n) is 12.4. The van der Waals surface area contributed by atoms with Crippen molar-refractivity contribution >= 4 is 11.9 Å². The molecule has 0 radical (unpaired) electrons. The van der Waals surface area contributed by atoms with E-state index >= 15 is 0 Å².